The molecular weight excluding hydrogens is 178 g/mol. The number of phenols is 1. The first-order valence-electron chi connectivity index (χ1n) is 4.83. The van der Waals surface area contributed by atoms with Gasteiger partial charge in [-0.25, -0.2) is 0 Å². The zero-order chi connectivity index (χ0) is 10.4. The molecule has 1 N–H and O–H groups in total. The minimum atomic E-state index is -0.124. The molecule has 0 radical (unpaired) electrons. The Morgan fingerprint density at radius 2 is 2.14 bits per heavy atom. The molecule has 3 nitrogen and oxygen atoms in total. The third-order valence-corrected chi connectivity index (χ3v) is 2.24. The molecule has 14 heavy (non-hydrogen) atoms. The van der Waals surface area contributed by atoms with Crippen LogP contribution in [-0.2, 0) is 6.42 Å². The Labute approximate surface area is 83.7 Å². The maximum Gasteiger partial charge on any atom is 0.118 e. The Hall–Kier alpha value is -1.38. The molecule has 0 aromatic heterocycles. The van der Waals surface area contributed by atoms with Crippen molar-refractivity contribution in [3.05, 3.63) is 34.7 Å². The van der Waals surface area contributed by atoms with Crippen LogP contribution in [0.25, 0.3) is 0 Å². The van der Waals surface area contributed by atoms with Crippen molar-refractivity contribution in [2.24, 2.45) is 5.18 Å². The van der Waals surface area contributed by atoms with Gasteiger partial charge in [-0.15, -0.1) is 0 Å². The van der Waals surface area contributed by atoms with Crippen LogP contribution in [0, 0.1) is 4.91 Å². The van der Waals surface area contributed by atoms with Crippen molar-refractivity contribution < 1.29 is 5.11 Å². The number of nitroso groups, excluding NO2 is 1. The Morgan fingerprint density at radius 1 is 1.43 bits per heavy atom. The van der Waals surface area contributed by atoms with Crippen LogP contribution in [0.5, 0.6) is 5.75 Å². The highest BCUT2D eigenvalue weighted by Crippen LogP contribution is 2.18. The van der Waals surface area contributed by atoms with Gasteiger partial charge in [0.2, 0.25) is 0 Å². The van der Waals surface area contributed by atoms with Gasteiger partial charge in [-0.05, 0) is 37.8 Å². The maximum absolute atomic E-state index is 10.1. The average Bonchev–Trinajstić information content (AvgIpc) is 2.20. The lowest BCUT2D eigenvalue weighted by Crippen LogP contribution is -1.97. The number of hydrogen-bond donors (Lipinski definition) is 1. The van der Waals surface area contributed by atoms with Gasteiger partial charge in [0, 0.05) is 0 Å². The topological polar surface area (TPSA) is 49.7 Å². The lowest BCUT2D eigenvalue weighted by molar-refractivity contribution is 0.465. The summed E-state index contributed by atoms with van der Waals surface area (Å²) in [4.78, 5) is 10.1. The molecule has 76 valence electrons. The predicted molar refractivity (Wildman–Crippen MR) is 56.3 cm³/mol. The highest BCUT2D eigenvalue weighted by molar-refractivity contribution is 5.31. The second-order valence-electron chi connectivity index (χ2n) is 3.48. The van der Waals surface area contributed by atoms with Gasteiger partial charge in [-0.3, -0.25) is 0 Å². The van der Waals surface area contributed by atoms with E-state index in [1.165, 1.54) is 0 Å². The summed E-state index contributed by atoms with van der Waals surface area (Å²) in [7, 11) is 0. The average molecular weight is 193 g/mol. The van der Waals surface area contributed by atoms with Gasteiger partial charge >= 0.3 is 0 Å². The number of benzene rings is 1. The van der Waals surface area contributed by atoms with Crippen molar-refractivity contribution >= 4 is 0 Å². The van der Waals surface area contributed by atoms with E-state index in [9.17, 15) is 10.0 Å². The molecule has 3 heteroatoms. The standard InChI is InChI=1S/C11H15NO2/c1-9(12-14)5-4-7-10-6-2-3-8-11(10)13/h2-3,6,8-9,13H,4-5,7H2,1H3. The van der Waals surface area contributed by atoms with Crippen LogP contribution in [0.3, 0.4) is 0 Å². The van der Waals surface area contributed by atoms with Crippen molar-refractivity contribution in [3.8, 4) is 5.75 Å². The van der Waals surface area contributed by atoms with E-state index >= 15 is 0 Å². The van der Waals surface area contributed by atoms with Crippen LogP contribution < -0.4 is 0 Å². The first kappa shape index (κ1) is 10.7. The Bertz CT molecular complexity index is 299. The van der Waals surface area contributed by atoms with Crippen LogP contribution >= 0.6 is 0 Å². The molecule has 0 heterocycles. The lowest BCUT2D eigenvalue weighted by atomic mass is 10.1. The highest BCUT2D eigenvalue weighted by atomic mass is 16.3. The summed E-state index contributed by atoms with van der Waals surface area (Å²) in [6.07, 6.45) is 2.45. The van der Waals surface area contributed by atoms with E-state index in [0.717, 1.165) is 24.8 Å². The summed E-state index contributed by atoms with van der Waals surface area (Å²) in [5.41, 5.74) is 0.936. The third-order valence-electron chi connectivity index (χ3n) is 2.24. The monoisotopic (exact) mass is 193 g/mol. The molecule has 1 unspecified atom stereocenters. The van der Waals surface area contributed by atoms with Crippen molar-refractivity contribution in [1.82, 2.24) is 0 Å². The number of rotatable bonds is 5. The first-order valence-corrected chi connectivity index (χ1v) is 4.83. The summed E-state index contributed by atoms with van der Waals surface area (Å²) < 4.78 is 0. The molecule has 1 rings (SSSR count). The molecule has 0 aliphatic heterocycles. The number of nitrogens with zero attached hydrogens (tertiary/aromatic N) is 1. The van der Waals surface area contributed by atoms with Crippen LogP contribution in [0.1, 0.15) is 25.3 Å². The summed E-state index contributed by atoms with van der Waals surface area (Å²) >= 11 is 0. The second kappa shape index (κ2) is 5.37. The van der Waals surface area contributed by atoms with E-state index < -0.39 is 0 Å². The molecule has 0 bridgehead atoms. The van der Waals surface area contributed by atoms with Crippen LogP contribution in [0.4, 0.5) is 0 Å². The molecule has 0 saturated carbocycles. The largest absolute Gasteiger partial charge is 0.508 e. The van der Waals surface area contributed by atoms with E-state index in [2.05, 4.69) is 5.18 Å². The maximum atomic E-state index is 10.1. The predicted octanol–water partition coefficient (Wildman–Crippen LogP) is 2.87. The summed E-state index contributed by atoms with van der Waals surface area (Å²) in [5.74, 6) is 0.333. The van der Waals surface area contributed by atoms with Crippen molar-refractivity contribution in [1.29, 1.82) is 0 Å². The molecular formula is C11H15NO2. The third kappa shape index (κ3) is 3.17. The van der Waals surface area contributed by atoms with Gasteiger partial charge in [-0.1, -0.05) is 23.4 Å². The van der Waals surface area contributed by atoms with E-state index in [-0.39, 0.29) is 6.04 Å². The quantitative estimate of drug-likeness (QED) is 0.731. The van der Waals surface area contributed by atoms with Gasteiger partial charge in [0.15, 0.2) is 0 Å². The Balaban J connectivity index is 2.38. The fourth-order valence-electron chi connectivity index (χ4n) is 1.36. The SMILES string of the molecule is CC(CCCc1ccccc1O)N=O. The molecule has 0 aliphatic rings. The van der Waals surface area contributed by atoms with Crippen molar-refractivity contribution in [2.75, 3.05) is 0 Å². The first-order chi connectivity index (χ1) is 6.74. The number of hydrogen-bond acceptors (Lipinski definition) is 3. The van der Waals surface area contributed by atoms with Crippen LogP contribution in [0.2, 0.25) is 0 Å². The second-order valence-corrected chi connectivity index (χ2v) is 3.48. The minimum Gasteiger partial charge on any atom is -0.508 e. The molecule has 1 atom stereocenters. The lowest BCUT2D eigenvalue weighted by Gasteiger charge is -2.04. The molecule has 0 fully saturated rings. The normalized spacial score (nSPS) is 12.4. The Morgan fingerprint density at radius 3 is 2.79 bits per heavy atom. The number of para-hydroxylation sites is 1. The van der Waals surface area contributed by atoms with Gasteiger partial charge in [0.1, 0.15) is 5.75 Å². The highest BCUT2D eigenvalue weighted by Gasteiger charge is 2.03. The molecule has 0 spiro atoms. The van der Waals surface area contributed by atoms with Gasteiger partial charge in [0.25, 0.3) is 0 Å². The van der Waals surface area contributed by atoms with E-state index in [0.29, 0.717) is 5.75 Å². The summed E-state index contributed by atoms with van der Waals surface area (Å²) in [6, 6.07) is 7.15. The fourth-order valence-corrected chi connectivity index (χ4v) is 1.36. The minimum absolute atomic E-state index is 0.124. The Kier molecular flexibility index (Phi) is 4.11. The smallest absolute Gasteiger partial charge is 0.118 e. The number of aryl methyl sites for hydroxylation is 1. The molecule has 0 saturated heterocycles. The van der Waals surface area contributed by atoms with Crippen molar-refractivity contribution in [2.45, 2.75) is 32.2 Å². The molecule has 1 aromatic rings. The summed E-state index contributed by atoms with van der Waals surface area (Å²) in [6.45, 7) is 1.80. The zero-order valence-corrected chi connectivity index (χ0v) is 8.31. The van der Waals surface area contributed by atoms with Crippen molar-refractivity contribution in [3.63, 3.8) is 0 Å². The van der Waals surface area contributed by atoms with E-state index in [4.69, 9.17) is 0 Å². The van der Waals surface area contributed by atoms with Crippen LogP contribution in [-0.4, -0.2) is 11.1 Å². The van der Waals surface area contributed by atoms with Gasteiger partial charge in [0.05, 0.1) is 6.04 Å². The molecule has 0 amide bonds. The van der Waals surface area contributed by atoms with E-state index in [1.807, 2.05) is 12.1 Å². The molecule has 1 aromatic carbocycles. The summed E-state index contributed by atoms with van der Waals surface area (Å²) in [5, 5.41) is 12.4. The fraction of sp³-hybridized carbons (Fsp3) is 0.455. The van der Waals surface area contributed by atoms with Crippen LogP contribution in [0.15, 0.2) is 29.4 Å². The zero-order valence-electron chi connectivity index (χ0n) is 8.31. The molecule has 0 aliphatic carbocycles. The van der Waals surface area contributed by atoms with Gasteiger partial charge in [-0.2, -0.15) is 4.91 Å². The van der Waals surface area contributed by atoms with E-state index in [1.54, 1.807) is 19.1 Å². The van der Waals surface area contributed by atoms with Gasteiger partial charge < -0.3 is 5.11 Å². The number of phenolic OH excluding ortho intramolecular Hbond substituents is 1. The number of aromatic hydroxyl groups is 1.